The second-order valence-electron chi connectivity index (χ2n) is 5.73. The van der Waals surface area contributed by atoms with Crippen LogP contribution in [0.4, 0.5) is 0 Å². The van der Waals surface area contributed by atoms with Gasteiger partial charge in [0, 0.05) is 41.5 Å². The second kappa shape index (κ2) is 6.94. The quantitative estimate of drug-likeness (QED) is 0.502. The van der Waals surface area contributed by atoms with Crippen molar-refractivity contribution in [2.75, 3.05) is 0 Å². The van der Waals surface area contributed by atoms with E-state index in [1.807, 2.05) is 54.6 Å². The van der Waals surface area contributed by atoms with E-state index in [1.165, 1.54) is 6.07 Å². The molecule has 126 valence electrons. The largest absolute Gasteiger partial charge is 0.284 e. The normalized spacial score (nSPS) is 10.7. The van der Waals surface area contributed by atoms with Crippen molar-refractivity contribution < 1.29 is 0 Å². The van der Waals surface area contributed by atoms with Gasteiger partial charge < -0.3 is 0 Å². The van der Waals surface area contributed by atoms with Crippen molar-refractivity contribution in [2.45, 2.75) is 0 Å². The van der Waals surface area contributed by atoms with Gasteiger partial charge in [0.15, 0.2) is 0 Å². The third kappa shape index (κ3) is 3.15. The van der Waals surface area contributed by atoms with E-state index in [9.17, 15) is 4.79 Å². The molecule has 4 nitrogen and oxygen atoms in total. The molecule has 3 heterocycles. The molecule has 0 bridgehead atoms. The van der Waals surface area contributed by atoms with Crippen LogP contribution in [0.25, 0.3) is 28.1 Å². The van der Waals surface area contributed by atoms with Crippen LogP contribution in [0.15, 0.2) is 90.1 Å². The molecule has 0 N–H and O–H groups in total. The Morgan fingerprint density at radius 3 is 2.38 bits per heavy atom. The van der Waals surface area contributed by atoms with Crippen LogP contribution in [0.5, 0.6) is 0 Å². The topological polar surface area (TPSA) is 47.8 Å². The van der Waals surface area contributed by atoms with Crippen LogP contribution in [0, 0.1) is 0 Å². The molecule has 0 aliphatic heterocycles. The van der Waals surface area contributed by atoms with Crippen molar-refractivity contribution in [3.63, 3.8) is 0 Å². The third-order valence-electron chi connectivity index (χ3n) is 4.05. The van der Waals surface area contributed by atoms with Crippen LogP contribution in [0.2, 0.25) is 5.15 Å². The van der Waals surface area contributed by atoms with Crippen LogP contribution in [0.3, 0.4) is 0 Å². The highest BCUT2D eigenvalue weighted by Gasteiger charge is 2.10. The van der Waals surface area contributed by atoms with E-state index in [-0.39, 0.29) is 5.56 Å². The van der Waals surface area contributed by atoms with E-state index in [1.54, 1.807) is 29.2 Å². The molecule has 4 rings (SSSR count). The monoisotopic (exact) mass is 359 g/mol. The number of halogens is 1. The van der Waals surface area contributed by atoms with Gasteiger partial charge in [-0.25, -0.2) is 4.98 Å². The molecule has 0 aliphatic rings. The summed E-state index contributed by atoms with van der Waals surface area (Å²) in [6.07, 6.45) is 5.14. The summed E-state index contributed by atoms with van der Waals surface area (Å²) < 4.78 is 1.60. The van der Waals surface area contributed by atoms with Gasteiger partial charge in [0.05, 0.1) is 5.69 Å². The molecule has 0 saturated carbocycles. The maximum absolute atomic E-state index is 12.3. The van der Waals surface area contributed by atoms with Gasteiger partial charge in [-0.2, -0.15) is 0 Å². The number of benzene rings is 1. The van der Waals surface area contributed by atoms with Crippen molar-refractivity contribution in [3.05, 3.63) is 101 Å². The highest BCUT2D eigenvalue weighted by atomic mass is 35.5. The molecule has 0 saturated heterocycles. The third-order valence-corrected chi connectivity index (χ3v) is 4.35. The molecule has 0 spiro atoms. The Hall–Kier alpha value is -3.24. The van der Waals surface area contributed by atoms with E-state index < -0.39 is 0 Å². The Labute approximate surface area is 155 Å². The van der Waals surface area contributed by atoms with Crippen LogP contribution in [-0.4, -0.2) is 14.5 Å². The fourth-order valence-electron chi connectivity index (χ4n) is 2.83. The number of hydrogen-bond acceptors (Lipinski definition) is 3. The molecule has 0 amide bonds. The zero-order chi connectivity index (χ0) is 17.9. The molecule has 0 fully saturated rings. The number of rotatable bonds is 3. The minimum Gasteiger partial charge on any atom is -0.284 e. The summed E-state index contributed by atoms with van der Waals surface area (Å²) in [5, 5.41) is 0.414. The summed E-state index contributed by atoms with van der Waals surface area (Å²) >= 11 is 6.29. The zero-order valence-electron chi connectivity index (χ0n) is 13.7. The van der Waals surface area contributed by atoms with E-state index in [2.05, 4.69) is 9.97 Å². The van der Waals surface area contributed by atoms with Crippen molar-refractivity contribution in [3.8, 4) is 28.1 Å². The highest BCUT2D eigenvalue weighted by Crippen LogP contribution is 2.31. The number of nitrogens with zero attached hydrogens (tertiary/aromatic N) is 3. The summed E-state index contributed by atoms with van der Waals surface area (Å²) in [4.78, 5) is 20.9. The predicted molar refractivity (Wildman–Crippen MR) is 104 cm³/mol. The maximum atomic E-state index is 12.3. The first-order valence-corrected chi connectivity index (χ1v) is 8.45. The molecular formula is C21H14ClN3O. The average Bonchev–Trinajstić information content (AvgIpc) is 2.69. The molecule has 0 radical (unpaired) electrons. The number of pyridine rings is 3. The Kier molecular flexibility index (Phi) is 4.33. The fourth-order valence-corrected chi connectivity index (χ4v) is 3.06. The van der Waals surface area contributed by atoms with Crippen molar-refractivity contribution in [2.24, 2.45) is 0 Å². The van der Waals surface area contributed by atoms with Crippen molar-refractivity contribution in [1.29, 1.82) is 0 Å². The average molecular weight is 360 g/mol. The first kappa shape index (κ1) is 16.2. The fraction of sp³-hybridized carbons (Fsp3) is 0. The predicted octanol–water partition coefficient (Wildman–Crippen LogP) is 4.61. The molecule has 0 aliphatic carbocycles. The highest BCUT2D eigenvalue weighted by molar-refractivity contribution is 6.32. The molecule has 4 aromatic rings. The smallest absolute Gasteiger partial charge is 0.255 e. The van der Waals surface area contributed by atoms with Gasteiger partial charge in [-0.15, -0.1) is 0 Å². The summed E-state index contributed by atoms with van der Waals surface area (Å²) in [7, 11) is 0. The Morgan fingerprint density at radius 1 is 0.808 bits per heavy atom. The molecule has 3 aromatic heterocycles. The summed E-state index contributed by atoms with van der Waals surface area (Å²) in [5.41, 5.74) is 4.03. The summed E-state index contributed by atoms with van der Waals surface area (Å²) in [6.45, 7) is 0. The minimum absolute atomic E-state index is 0.103. The number of aromatic nitrogens is 3. The summed E-state index contributed by atoms with van der Waals surface area (Å²) in [5.74, 6) is 0. The lowest BCUT2D eigenvalue weighted by molar-refractivity contribution is 0.991. The van der Waals surface area contributed by atoms with Gasteiger partial charge in [0.2, 0.25) is 0 Å². The molecule has 1 aromatic carbocycles. The Bertz CT molecular complexity index is 1120. The standard InChI is InChI=1S/C21H14ClN3O/c22-21-18(6-5-10-24-21)15-12-16(19-7-1-3-9-23-19)14-17(13-15)25-11-4-2-8-20(25)26/h1-14H. The van der Waals surface area contributed by atoms with E-state index >= 15 is 0 Å². The van der Waals surface area contributed by atoms with Crippen molar-refractivity contribution >= 4 is 11.6 Å². The van der Waals surface area contributed by atoms with Crippen molar-refractivity contribution in [1.82, 2.24) is 14.5 Å². The van der Waals surface area contributed by atoms with E-state index in [4.69, 9.17) is 11.6 Å². The van der Waals surface area contributed by atoms with E-state index in [0.717, 1.165) is 28.1 Å². The van der Waals surface area contributed by atoms with Gasteiger partial charge in [0.25, 0.3) is 5.56 Å². The van der Waals surface area contributed by atoms with Crippen LogP contribution in [0.1, 0.15) is 0 Å². The molecule has 0 atom stereocenters. The van der Waals surface area contributed by atoms with Gasteiger partial charge in [-0.05, 0) is 54.1 Å². The van der Waals surface area contributed by atoms with Crippen LogP contribution in [-0.2, 0) is 0 Å². The second-order valence-corrected chi connectivity index (χ2v) is 6.09. The van der Waals surface area contributed by atoms with E-state index in [0.29, 0.717) is 5.15 Å². The minimum atomic E-state index is -0.103. The zero-order valence-corrected chi connectivity index (χ0v) is 14.5. The van der Waals surface area contributed by atoms with Crippen LogP contribution < -0.4 is 5.56 Å². The molecule has 0 unspecified atom stereocenters. The van der Waals surface area contributed by atoms with Gasteiger partial charge >= 0.3 is 0 Å². The SMILES string of the molecule is O=c1ccccn1-c1cc(-c2ccccn2)cc(-c2cccnc2Cl)c1. The van der Waals surface area contributed by atoms with Gasteiger partial charge in [-0.1, -0.05) is 23.7 Å². The first-order chi connectivity index (χ1) is 12.7. The Balaban J connectivity index is 1.98. The van der Waals surface area contributed by atoms with Gasteiger partial charge in [-0.3, -0.25) is 14.3 Å². The molecule has 26 heavy (non-hydrogen) atoms. The molecular weight excluding hydrogens is 346 g/mol. The summed E-state index contributed by atoms with van der Waals surface area (Å²) in [6, 6.07) is 20.4. The molecule has 5 heteroatoms. The lowest BCUT2D eigenvalue weighted by atomic mass is 10.0. The Morgan fingerprint density at radius 2 is 1.62 bits per heavy atom. The lowest BCUT2D eigenvalue weighted by Crippen LogP contribution is -2.15. The number of hydrogen-bond donors (Lipinski definition) is 0. The lowest BCUT2D eigenvalue weighted by Gasteiger charge is -2.12. The van der Waals surface area contributed by atoms with Gasteiger partial charge in [0.1, 0.15) is 5.15 Å². The maximum Gasteiger partial charge on any atom is 0.255 e. The van der Waals surface area contributed by atoms with Crippen LogP contribution >= 0.6 is 11.6 Å². The first-order valence-electron chi connectivity index (χ1n) is 8.08.